The number of amides is 4. The third-order valence-corrected chi connectivity index (χ3v) is 8.94. The van der Waals surface area contributed by atoms with Crippen molar-refractivity contribution in [2.75, 3.05) is 26.2 Å². The molecule has 0 aliphatic carbocycles. The van der Waals surface area contributed by atoms with Gasteiger partial charge < -0.3 is 39.3 Å². The number of rotatable bonds is 16. The summed E-state index contributed by atoms with van der Waals surface area (Å²) in [5.41, 5.74) is 0.320. The molecule has 0 aromatic carbocycles. The Hall–Kier alpha value is -5.88. The number of hydrogen-bond acceptors (Lipinski definition) is 14. The highest BCUT2D eigenvalue weighted by atomic mass is 32.1. The molecule has 18 heteroatoms. The molecule has 6 aromatic heterocycles. The predicted octanol–water partition coefficient (Wildman–Crippen LogP) is 4.09. The van der Waals surface area contributed by atoms with Crippen LogP contribution in [0.15, 0.2) is 71.9 Å². The van der Waals surface area contributed by atoms with Crippen LogP contribution in [0.3, 0.4) is 0 Å². The molecule has 6 aromatic rings. The Kier molecular flexibility index (Phi) is 10.9. The summed E-state index contributed by atoms with van der Waals surface area (Å²) < 4.78 is 21.2. The average molecular weight is 719 g/mol. The van der Waals surface area contributed by atoms with E-state index in [0.29, 0.717) is 68.5 Å². The Morgan fingerprint density at radius 1 is 0.700 bits per heavy atom. The van der Waals surface area contributed by atoms with E-state index in [9.17, 15) is 19.2 Å². The Labute approximate surface area is 291 Å². The van der Waals surface area contributed by atoms with Crippen molar-refractivity contribution in [3.8, 4) is 21.3 Å². The summed E-state index contributed by atoms with van der Waals surface area (Å²) in [6, 6.07) is 14.0. The van der Waals surface area contributed by atoms with Crippen LogP contribution in [-0.2, 0) is 6.42 Å². The molecule has 0 saturated carbocycles. The fraction of sp³-hybridized carbons (Fsp3) is 0.250. The Morgan fingerprint density at radius 2 is 1.34 bits per heavy atom. The van der Waals surface area contributed by atoms with Gasteiger partial charge in [0.25, 0.3) is 17.7 Å². The number of aryl methyl sites for hydroxylation is 1. The summed E-state index contributed by atoms with van der Waals surface area (Å²) in [6.45, 7) is 2.89. The second-order valence-electron chi connectivity index (χ2n) is 10.7. The number of aromatic nitrogens is 4. The summed E-state index contributed by atoms with van der Waals surface area (Å²) in [5.74, 6) is 0.411. The molecule has 0 atom stereocenters. The molecule has 6 heterocycles. The summed E-state index contributed by atoms with van der Waals surface area (Å²) >= 11 is 2.94. The molecule has 6 rings (SSSR count). The number of nitrogens with zero attached hydrogens (tertiary/aromatic N) is 4. The maximum atomic E-state index is 12.6. The lowest BCUT2D eigenvalue weighted by Crippen LogP contribution is -2.30. The second kappa shape index (κ2) is 16.0. The van der Waals surface area contributed by atoms with Gasteiger partial charge in [0, 0.05) is 49.6 Å². The Morgan fingerprint density at radius 3 is 1.96 bits per heavy atom. The summed E-state index contributed by atoms with van der Waals surface area (Å²) in [7, 11) is 0. The van der Waals surface area contributed by atoms with Crippen molar-refractivity contribution in [1.29, 1.82) is 0 Å². The SMILES string of the molecule is Cc1noc(C(=O)NCCCNC(=O)c2cc(-c3ccc(Cc4ccc(C(=O)NCCCNC(=O)c5cc(-c6cccs6)on5)o4)s3)on2)n1. The van der Waals surface area contributed by atoms with Gasteiger partial charge in [-0.05, 0) is 55.5 Å². The normalized spacial score (nSPS) is 11.0. The third-order valence-electron chi connectivity index (χ3n) is 6.96. The number of nitrogens with one attached hydrogen (secondary N) is 4. The van der Waals surface area contributed by atoms with E-state index in [2.05, 4.69) is 41.7 Å². The molecule has 50 heavy (non-hydrogen) atoms. The molecule has 0 bridgehead atoms. The maximum absolute atomic E-state index is 12.6. The molecule has 0 spiro atoms. The fourth-order valence-electron chi connectivity index (χ4n) is 4.51. The van der Waals surface area contributed by atoms with Gasteiger partial charge >= 0.3 is 11.8 Å². The molecule has 258 valence electrons. The molecule has 4 amide bonds. The highest BCUT2D eigenvalue weighted by Crippen LogP contribution is 2.30. The molecule has 0 aliphatic rings. The number of hydrogen-bond donors (Lipinski definition) is 4. The van der Waals surface area contributed by atoms with Crippen molar-refractivity contribution < 1.29 is 37.2 Å². The van der Waals surface area contributed by atoms with Gasteiger partial charge in [0.15, 0.2) is 34.5 Å². The number of thiophene rings is 2. The standard InChI is InChI=1S/C32H30N8O8S2/c1-18-37-32(48-38-18)31(44)36-13-4-11-34-29(42)22-17-25(47-40-22)27-9-7-20(50-27)15-19-6-8-23(45-19)30(43)35-12-3-10-33-28(41)21-16-24(46-39-21)26-5-2-14-49-26/h2,5-9,14,16-17H,3-4,10-13,15H2,1H3,(H,33,41)(H,34,42)(H,35,43)(H,36,44). The number of carbonyl (C=O) groups excluding carboxylic acids is 4. The van der Waals surface area contributed by atoms with Crippen LogP contribution < -0.4 is 21.3 Å². The molecule has 0 saturated heterocycles. The van der Waals surface area contributed by atoms with Crippen LogP contribution in [0.1, 0.15) is 71.5 Å². The van der Waals surface area contributed by atoms with Crippen LogP contribution >= 0.6 is 22.7 Å². The third kappa shape index (κ3) is 8.77. The van der Waals surface area contributed by atoms with Crippen LogP contribution in [0.4, 0.5) is 0 Å². The van der Waals surface area contributed by atoms with Crippen molar-refractivity contribution in [2.45, 2.75) is 26.2 Å². The topological polar surface area (TPSA) is 221 Å². The lowest BCUT2D eigenvalue weighted by atomic mass is 10.2. The molecule has 4 N–H and O–H groups in total. The van der Waals surface area contributed by atoms with E-state index in [1.54, 1.807) is 31.2 Å². The van der Waals surface area contributed by atoms with E-state index in [1.807, 2.05) is 29.6 Å². The van der Waals surface area contributed by atoms with E-state index in [-0.39, 0.29) is 34.9 Å². The summed E-state index contributed by atoms with van der Waals surface area (Å²) in [4.78, 5) is 55.8. The largest absolute Gasteiger partial charge is 0.456 e. The summed E-state index contributed by atoms with van der Waals surface area (Å²) in [6.07, 6.45) is 1.43. The van der Waals surface area contributed by atoms with Crippen LogP contribution in [0.2, 0.25) is 0 Å². The number of carbonyl (C=O) groups is 4. The molecule has 16 nitrogen and oxygen atoms in total. The zero-order valence-electron chi connectivity index (χ0n) is 26.5. The van der Waals surface area contributed by atoms with E-state index in [4.69, 9.17) is 18.0 Å². The van der Waals surface area contributed by atoms with E-state index < -0.39 is 11.8 Å². The lowest BCUT2D eigenvalue weighted by molar-refractivity contribution is 0.0903. The molecule has 0 aliphatic heterocycles. The van der Waals surface area contributed by atoms with Crippen molar-refractivity contribution in [1.82, 2.24) is 41.7 Å². The van der Waals surface area contributed by atoms with Crippen molar-refractivity contribution in [3.05, 3.63) is 93.4 Å². The van der Waals surface area contributed by atoms with Crippen LogP contribution in [-0.4, -0.2) is 70.3 Å². The minimum Gasteiger partial charge on any atom is -0.456 e. The van der Waals surface area contributed by atoms with E-state index in [0.717, 1.165) is 14.6 Å². The maximum Gasteiger partial charge on any atom is 0.315 e. The minimum atomic E-state index is -0.480. The first kappa shape index (κ1) is 34.0. The zero-order chi connectivity index (χ0) is 34.9. The smallest absolute Gasteiger partial charge is 0.315 e. The first-order valence-electron chi connectivity index (χ1n) is 15.4. The predicted molar refractivity (Wildman–Crippen MR) is 179 cm³/mol. The molecule has 0 radical (unpaired) electrons. The van der Waals surface area contributed by atoms with Crippen molar-refractivity contribution in [2.24, 2.45) is 0 Å². The van der Waals surface area contributed by atoms with Crippen molar-refractivity contribution in [3.63, 3.8) is 0 Å². The number of furan rings is 1. The van der Waals surface area contributed by atoms with Crippen LogP contribution in [0.5, 0.6) is 0 Å². The first-order chi connectivity index (χ1) is 24.3. The first-order valence-corrected chi connectivity index (χ1v) is 17.1. The lowest BCUT2D eigenvalue weighted by Gasteiger charge is -2.04. The van der Waals surface area contributed by atoms with Gasteiger partial charge in [-0.2, -0.15) is 4.98 Å². The molecule has 0 fully saturated rings. The van der Waals surface area contributed by atoms with Crippen LogP contribution in [0.25, 0.3) is 21.3 Å². The minimum absolute atomic E-state index is 0.114. The Balaban J connectivity index is 0.885. The van der Waals surface area contributed by atoms with E-state index >= 15 is 0 Å². The van der Waals surface area contributed by atoms with E-state index in [1.165, 1.54) is 22.7 Å². The quantitative estimate of drug-likeness (QED) is 0.104. The molecule has 0 unspecified atom stereocenters. The van der Waals surface area contributed by atoms with Gasteiger partial charge in [0.2, 0.25) is 0 Å². The monoisotopic (exact) mass is 718 g/mol. The highest BCUT2D eigenvalue weighted by molar-refractivity contribution is 7.15. The second-order valence-corrected chi connectivity index (χ2v) is 12.8. The van der Waals surface area contributed by atoms with Crippen molar-refractivity contribution >= 4 is 46.3 Å². The van der Waals surface area contributed by atoms with Gasteiger partial charge in [-0.25, -0.2) is 0 Å². The van der Waals surface area contributed by atoms with Gasteiger partial charge in [-0.1, -0.05) is 21.5 Å². The Bertz CT molecular complexity index is 2070. The molecular weight excluding hydrogens is 689 g/mol. The van der Waals surface area contributed by atoms with Gasteiger partial charge in [0.1, 0.15) is 5.76 Å². The molecular formula is C32H30N8O8S2. The van der Waals surface area contributed by atoms with Gasteiger partial charge in [-0.15, -0.1) is 22.7 Å². The average Bonchev–Trinajstić information content (AvgIpc) is 3.96. The van der Waals surface area contributed by atoms with Gasteiger partial charge in [-0.3, -0.25) is 19.2 Å². The zero-order valence-corrected chi connectivity index (χ0v) is 28.2. The van der Waals surface area contributed by atoms with Gasteiger partial charge in [0.05, 0.1) is 9.75 Å². The highest BCUT2D eigenvalue weighted by Gasteiger charge is 2.18. The summed E-state index contributed by atoms with van der Waals surface area (Å²) in [5, 5.41) is 24.1. The fourth-order valence-corrected chi connectivity index (χ4v) is 6.14. The van der Waals surface area contributed by atoms with Crippen LogP contribution in [0, 0.1) is 6.92 Å².